The van der Waals surface area contributed by atoms with Gasteiger partial charge in [0.2, 0.25) is 5.88 Å². The maximum Gasteiger partial charge on any atom is 0.338 e. The summed E-state index contributed by atoms with van der Waals surface area (Å²) in [5.74, 6) is -0.719. The summed E-state index contributed by atoms with van der Waals surface area (Å²) in [5.41, 5.74) is 2.33. The largest absolute Gasteiger partial charge is 0.512 e. The van der Waals surface area contributed by atoms with Crippen LogP contribution in [0.5, 0.6) is 5.88 Å². The third-order valence-corrected chi connectivity index (χ3v) is 7.75. The minimum Gasteiger partial charge on any atom is -0.512 e. The number of benzene rings is 2. The van der Waals surface area contributed by atoms with Crippen LogP contribution in [-0.4, -0.2) is 25.9 Å². The molecule has 1 unspecified atom stereocenters. The first-order chi connectivity index (χ1) is 19.4. The van der Waals surface area contributed by atoms with Crippen LogP contribution in [0.25, 0.3) is 0 Å². The van der Waals surface area contributed by atoms with Gasteiger partial charge in [-0.05, 0) is 55.0 Å². The standard InChI is InChI=1S/C31H33N3O5S/c1-3-16-31(17-15-22-9-6-5-7-10-22)19-27(35)29(30(36)38-31)26(4-2)24-11-8-12-25(18-24)34-40(37)39-28-14-13-23(20-32)21-33-28/h5-14,18,21,26,34-35H,3-4,15-17,19H2,1-2H3/t26-,31+,40?/m1/s1. The van der Waals surface area contributed by atoms with Crippen LogP contribution in [0.1, 0.15) is 68.6 Å². The fraction of sp³-hybridized carbons (Fsp3) is 0.323. The van der Waals surface area contributed by atoms with E-state index >= 15 is 0 Å². The Bertz CT molecular complexity index is 1420. The number of nitrogens with zero attached hydrogens (tertiary/aromatic N) is 2. The maximum absolute atomic E-state index is 13.4. The lowest BCUT2D eigenvalue weighted by Crippen LogP contribution is -2.41. The van der Waals surface area contributed by atoms with Crippen LogP contribution in [-0.2, 0) is 27.2 Å². The van der Waals surface area contributed by atoms with Crippen molar-refractivity contribution in [1.29, 1.82) is 5.26 Å². The Kier molecular flexibility index (Phi) is 9.56. The highest BCUT2D eigenvalue weighted by atomic mass is 32.2. The van der Waals surface area contributed by atoms with Crippen LogP contribution >= 0.6 is 0 Å². The zero-order valence-electron chi connectivity index (χ0n) is 22.6. The van der Waals surface area contributed by atoms with Crippen molar-refractivity contribution in [2.45, 2.75) is 63.9 Å². The Morgan fingerprint density at radius 1 is 1.15 bits per heavy atom. The van der Waals surface area contributed by atoms with Gasteiger partial charge in [0.25, 0.3) is 0 Å². The summed E-state index contributed by atoms with van der Waals surface area (Å²) in [6, 6.07) is 22.2. The molecule has 0 fully saturated rings. The number of aliphatic hydroxyl groups is 1. The molecule has 208 valence electrons. The lowest BCUT2D eigenvalue weighted by atomic mass is 9.80. The van der Waals surface area contributed by atoms with Crippen molar-refractivity contribution in [3.63, 3.8) is 0 Å². The molecular weight excluding hydrogens is 526 g/mol. The number of nitrogens with one attached hydrogen (secondary N) is 1. The molecule has 3 atom stereocenters. The van der Waals surface area contributed by atoms with Crippen LogP contribution in [0.15, 0.2) is 84.3 Å². The minimum atomic E-state index is -1.95. The average Bonchev–Trinajstić information content (AvgIpc) is 2.95. The number of aromatic nitrogens is 1. The van der Waals surface area contributed by atoms with Gasteiger partial charge in [-0.25, -0.2) is 9.78 Å². The molecule has 0 aliphatic carbocycles. The van der Waals surface area contributed by atoms with Crippen molar-refractivity contribution in [1.82, 2.24) is 4.98 Å². The molecule has 1 aliphatic heterocycles. The topological polar surface area (TPSA) is 122 Å². The van der Waals surface area contributed by atoms with Gasteiger partial charge in [0.1, 0.15) is 17.4 Å². The number of aryl methyl sites for hydroxylation is 1. The van der Waals surface area contributed by atoms with Crippen molar-refractivity contribution in [3.05, 3.63) is 101 Å². The lowest BCUT2D eigenvalue weighted by molar-refractivity contribution is -0.161. The molecule has 1 aromatic heterocycles. The van der Waals surface area contributed by atoms with E-state index < -0.39 is 28.8 Å². The lowest BCUT2D eigenvalue weighted by Gasteiger charge is -2.38. The van der Waals surface area contributed by atoms with Gasteiger partial charge >= 0.3 is 17.2 Å². The number of hydrogen-bond acceptors (Lipinski definition) is 7. The number of nitriles is 1. The van der Waals surface area contributed by atoms with Crippen LogP contribution in [0.3, 0.4) is 0 Å². The predicted molar refractivity (Wildman–Crippen MR) is 154 cm³/mol. The Morgan fingerprint density at radius 2 is 1.95 bits per heavy atom. The number of ether oxygens (including phenoxy) is 1. The highest BCUT2D eigenvalue weighted by Crippen LogP contribution is 2.42. The highest BCUT2D eigenvalue weighted by Gasteiger charge is 2.43. The van der Waals surface area contributed by atoms with E-state index in [1.807, 2.05) is 44.2 Å². The van der Waals surface area contributed by atoms with Gasteiger partial charge in [0.05, 0.1) is 11.1 Å². The number of hydrogen-bond donors (Lipinski definition) is 2. The molecule has 1 aliphatic rings. The molecule has 40 heavy (non-hydrogen) atoms. The van der Waals surface area contributed by atoms with Crippen molar-refractivity contribution in [2.75, 3.05) is 4.72 Å². The smallest absolute Gasteiger partial charge is 0.338 e. The summed E-state index contributed by atoms with van der Waals surface area (Å²) < 4.78 is 26.8. The van der Waals surface area contributed by atoms with E-state index in [4.69, 9.17) is 14.2 Å². The normalized spacial score (nSPS) is 18.4. The van der Waals surface area contributed by atoms with Crippen molar-refractivity contribution < 1.29 is 23.0 Å². The minimum absolute atomic E-state index is 0.0711. The number of carbonyl (C=O) groups is 1. The number of esters is 1. The molecule has 9 heteroatoms. The van der Waals surface area contributed by atoms with E-state index in [0.717, 1.165) is 24.0 Å². The summed E-state index contributed by atoms with van der Waals surface area (Å²) in [4.78, 5) is 17.4. The van der Waals surface area contributed by atoms with E-state index in [-0.39, 0.29) is 23.6 Å². The average molecular weight is 560 g/mol. The van der Waals surface area contributed by atoms with Crippen molar-refractivity contribution in [3.8, 4) is 11.9 Å². The Morgan fingerprint density at radius 3 is 2.60 bits per heavy atom. The first-order valence-electron chi connectivity index (χ1n) is 13.4. The van der Waals surface area contributed by atoms with Crippen LogP contribution in [0.2, 0.25) is 0 Å². The van der Waals surface area contributed by atoms with E-state index in [0.29, 0.717) is 30.5 Å². The molecule has 2 aromatic carbocycles. The van der Waals surface area contributed by atoms with Gasteiger partial charge in [0, 0.05) is 30.3 Å². The number of aliphatic hydroxyl groups excluding tert-OH is 1. The van der Waals surface area contributed by atoms with Gasteiger partial charge in [0.15, 0.2) is 0 Å². The van der Waals surface area contributed by atoms with E-state index in [9.17, 15) is 14.1 Å². The zero-order chi connectivity index (χ0) is 28.5. The molecule has 0 bridgehead atoms. The zero-order valence-corrected chi connectivity index (χ0v) is 23.4. The van der Waals surface area contributed by atoms with Gasteiger partial charge in [-0.3, -0.25) is 4.72 Å². The third kappa shape index (κ3) is 7.07. The maximum atomic E-state index is 13.4. The fourth-order valence-electron chi connectivity index (χ4n) is 5.14. The fourth-order valence-corrected chi connectivity index (χ4v) is 5.76. The molecular formula is C31H33N3O5S. The summed E-state index contributed by atoms with van der Waals surface area (Å²) in [6.07, 6.45) is 5.03. The molecule has 0 saturated heterocycles. The number of rotatable bonds is 12. The SMILES string of the molecule is CCC[C@]1(CCc2ccccc2)CC(O)=C([C@H](CC)c2cccc(NS(=O)Oc3ccc(C#N)cn3)c2)C(=O)O1. The third-order valence-electron chi connectivity index (χ3n) is 7.02. The van der Waals surface area contributed by atoms with Gasteiger partial charge in [-0.1, -0.05) is 62.7 Å². The van der Waals surface area contributed by atoms with Gasteiger partial charge in [-0.2, -0.15) is 9.47 Å². The second-order valence-corrected chi connectivity index (χ2v) is 10.7. The van der Waals surface area contributed by atoms with Crippen LogP contribution < -0.4 is 8.91 Å². The van der Waals surface area contributed by atoms with Gasteiger partial charge < -0.3 is 14.0 Å². The quantitative estimate of drug-likeness (QED) is 0.245. The first-order valence-corrected chi connectivity index (χ1v) is 14.5. The Labute approximate surface area is 237 Å². The summed E-state index contributed by atoms with van der Waals surface area (Å²) in [5, 5.41) is 20.1. The predicted octanol–water partition coefficient (Wildman–Crippen LogP) is 6.45. The Hall–Kier alpha value is -4.16. The van der Waals surface area contributed by atoms with E-state index in [1.54, 1.807) is 18.2 Å². The second kappa shape index (κ2) is 13.3. The highest BCUT2D eigenvalue weighted by molar-refractivity contribution is 7.81. The Balaban J connectivity index is 1.50. The second-order valence-electron chi connectivity index (χ2n) is 9.85. The molecule has 8 nitrogen and oxygen atoms in total. The number of anilines is 1. The number of pyridine rings is 1. The monoisotopic (exact) mass is 559 g/mol. The van der Waals surface area contributed by atoms with Crippen LogP contribution in [0.4, 0.5) is 5.69 Å². The molecule has 0 saturated carbocycles. The van der Waals surface area contributed by atoms with Crippen molar-refractivity contribution in [2.24, 2.45) is 0 Å². The molecule has 2 heterocycles. The summed E-state index contributed by atoms with van der Waals surface area (Å²) >= 11 is -1.95. The van der Waals surface area contributed by atoms with E-state index in [2.05, 4.69) is 21.8 Å². The van der Waals surface area contributed by atoms with Crippen LogP contribution in [0, 0.1) is 11.3 Å². The molecule has 4 rings (SSSR count). The number of cyclic esters (lactones) is 1. The summed E-state index contributed by atoms with van der Waals surface area (Å²) in [6.45, 7) is 3.99. The molecule has 2 N–H and O–H groups in total. The molecule has 0 amide bonds. The number of carbonyl (C=O) groups excluding carboxylic acids is 1. The van der Waals surface area contributed by atoms with Gasteiger partial charge in [-0.15, -0.1) is 0 Å². The molecule has 0 radical (unpaired) electrons. The first kappa shape index (κ1) is 28.8. The molecule has 3 aromatic rings. The summed E-state index contributed by atoms with van der Waals surface area (Å²) in [7, 11) is 0. The van der Waals surface area contributed by atoms with Crippen molar-refractivity contribution >= 4 is 22.9 Å². The van der Waals surface area contributed by atoms with E-state index in [1.165, 1.54) is 18.3 Å². The molecule has 0 spiro atoms.